The first-order valence-corrected chi connectivity index (χ1v) is 6.78. The van der Waals surface area contributed by atoms with Crippen LogP contribution in [0.15, 0.2) is 24.3 Å². The molecule has 0 amide bonds. The number of para-hydroxylation sites is 1. The van der Waals surface area contributed by atoms with Crippen LogP contribution in [0.25, 0.3) is 6.08 Å². The molecule has 1 rings (SSSR count). The molecule has 1 aromatic rings. The van der Waals surface area contributed by atoms with Gasteiger partial charge in [-0.25, -0.2) is 4.79 Å². The number of rotatable bonds is 8. The zero-order valence-electron chi connectivity index (χ0n) is 11.7. The summed E-state index contributed by atoms with van der Waals surface area (Å²) in [4.78, 5) is 10.6. The molecule has 3 heteroatoms. The van der Waals surface area contributed by atoms with Gasteiger partial charge in [-0.1, -0.05) is 44.4 Å². The van der Waals surface area contributed by atoms with Gasteiger partial charge in [0, 0.05) is 11.6 Å². The van der Waals surface area contributed by atoms with Crippen LogP contribution in [0.4, 0.5) is 0 Å². The number of unbranched alkanes of at least 4 members (excludes halogenated alkanes) is 3. The van der Waals surface area contributed by atoms with E-state index >= 15 is 0 Å². The smallest absolute Gasteiger partial charge is 0.328 e. The van der Waals surface area contributed by atoms with Crippen LogP contribution in [0, 0.1) is 6.92 Å². The Hall–Kier alpha value is -1.77. The Labute approximate surface area is 114 Å². The van der Waals surface area contributed by atoms with Gasteiger partial charge in [0.15, 0.2) is 0 Å². The lowest BCUT2D eigenvalue weighted by Crippen LogP contribution is -2.00. The summed E-state index contributed by atoms with van der Waals surface area (Å²) in [7, 11) is 0. The quantitative estimate of drug-likeness (QED) is 0.568. The van der Waals surface area contributed by atoms with Crippen molar-refractivity contribution in [1.82, 2.24) is 0 Å². The Morgan fingerprint density at radius 3 is 2.79 bits per heavy atom. The molecule has 0 aromatic heterocycles. The van der Waals surface area contributed by atoms with Gasteiger partial charge in [-0.2, -0.15) is 0 Å². The normalized spacial score (nSPS) is 10.8. The summed E-state index contributed by atoms with van der Waals surface area (Å²) >= 11 is 0. The molecule has 0 radical (unpaired) electrons. The number of aliphatic carboxylic acids is 1. The first-order valence-electron chi connectivity index (χ1n) is 6.78. The van der Waals surface area contributed by atoms with E-state index in [1.54, 1.807) is 6.08 Å². The standard InChI is InChI=1S/C16H22O3/c1-3-4-5-6-12-19-16-13(2)8-7-9-14(16)10-11-15(17)18/h7-11H,3-6,12H2,1-2H3,(H,17,18)/b11-10+. The van der Waals surface area contributed by atoms with Crippen molar-refractivity contribution in [2.24, 2.45) is 0 Å². The lowest BCUT2D eigenvalue weighted by Gasteiger charge is -2.12. The van der Waals surface area contributed by atoms with Crippen molar-refractivity contribution in [3.63, 3.8) is 0 Å². The minimum atomic E-state index is -0.949. The molecule has 0 aliphatic rings. The van der Waals surface area contributed by atoms with E-state index in [1.165, 1.54) is 19.3 Å². The summed E-state index contributed by atoms with van der Waals surface area (Å²) in [6.45, 7) is 4.83. The van der Waals surface area contributed by atoms with Crippen LogP contribution in [-0.4, -0.2) is 17.7 Å². The Morgan fingerprint density at radius 1 is 1.32 bits per heavy atom. The molecular weight excluding hydrogens is 240 g/mol. The van der Waals surface area contributed by atoms with Crippen molar-refractivity contribution < 1.29 is 14.6 Å². The van der Waals surface area contributed by atoms with Crippen LogP contribution in [0.5, 0.6) is 5.75 Å². The average Bonchev–Trinajstić information content (AvgIpc) is 2.38. The summed E-state index contributed by atoms with van der Waals surface area (Å²) < 4.78 is 5.80. The van der Waals surface area contributed by atoms with E-state index in [0.29, 0.717) is 6.61 Å². The predicted octanol–water partition coefficient (Wildman–Crippen LogP) is 4.05. The van der Waals surface area contributed by atoms with Crippen molar-refractivity contribution >= 4 is 12.0 Å². The zero-order valence-corrected chi connectivity index (χ0v) is 11.7. The van der Waals surface area contributed by atoms with Gasteiger partial charge in [0.1, 0.15) is 5.75 Å². The first-order chi connectivity index (χ1) is 9.15. The van der Waals surface area contributed by atoms with Gasteiger partial charge < -0.3 is 9.84 Å². The third-order valence-electron chi connectivity index (χ3n) is 2.89. The van der Waals surface area contributed by atoms with E-state index in [4.69, 9.17) is 9.84 Å². The zero-order chi connectivity index (χ0) is 14.1. The maximum atomic E-state index is 10.6. The van der Waals surface area contributed by atoms with Crippen LogP contribution in [-0.2, 0) is 4.79 Å². The minimum Gasteiger partial charge on any atom is -0.493 e. The molecule has 1 aromatic carbocycles. The van der Waals surface area contributed by atoms with Crippen LogP contribution in [0.2, 0.25) is 0 Å². The molecule has 0 aliphatic carbocycles. The molecule has 3 nitrogen and oxygen atoms in total. The SMILES string of the molecule is CCCCCCOc1c(C)cccc1/C=C/C(=O)O. The molecule has 0 unspecified atom stereocenters. The highest BCUT2D eigenvalue weighted by molar-refractivity contribution is 5.86. The van der Waals surface area contributed by atoms with E-state index in [9.17, 15) is 4.79 Å². The number of carbonyl (C=O) groups is 1. The first kappa shape index (κ1) is 15.3. The highest BCUT2D eigenvalue weighted by Gasteiger charge is 2.04. The summed E-state index contributed by atoms with van der Waals surface area (Å²) in [5, 5.41) is 8.68. The lowest BCUT2D eigenvalue weighted by molar-refractivity contribution is -0.131. The molecular formula is C16H22O3. The molecule has 1 N–H and O–H groups in total. The minimum absolute atomic E-state index is 0.679. The number of hydrogen-bond donors (Lipinski definition) is 1. The van der Waals surface area contributed by atoms with E-state index in [1.807, 2.05) is 25.1 Å². The molecule has 0 fully saturated rings. The summed E-state index contributed by atoms with van der Waals surface area (Å²) in [5.41, 5.74) is 1.85. The molecule has 0 bridgehead atoms. The number of aryl methyl sites for hydroxylation is 1. The highest BCUT2D eigenvalue weighted by Crippen LogP contribution is 2.25. The summed E-state index contributed by atoms with van der Waals surface area (Å²) in [6, 6.07) is 5.74. The van der Waals surface area contributed by atoms with Crippen LogP contribution >= 0.6 is 0 Å². The fourth-order valence-corrected chi connectivity index (χ4v) is 1.87. The Bertz CT molecular complexity index is 436. The van der Waals surface area contributed by atoms with Crippen LogP contribution in [0.1, 0.15) is 43.7 Å². The van der Waals surface area contributed by atoms with Crippen molar-refractivity contribution in [3.05, 3.63) is 35.4 Å². The third kappa shape index (κ3) is 5.60. The van der Waals surface area contributed by atoms with E-state index in [0.717, 1.165) is 29.4 Å². The molecule has 0 heterocycles. The fraction of sp³-hybridized carbons (Fsp3) is 0.438. The predicted molar refractivity (Wildman–Crippen MR) is 77.5 cm³/mol. The van der Waals surface area contributed by atoms with Gasteiger partial charge >= 0.3 is 5.97 Å². The average molecular weight is 262 g/mol. The molecule has 19 heavy (non-hydrogen) atoms. The topological polar surface area (TPSA) is 46.5 Å². The maximum Gasteiger partial charge on any atom is 0.328 e. The number of hydrogen-bond acceptors (Lipinski definition) is 2. The van der Waals surface area contributed by atoms with Gasteiger partial charge in [0.05, 0.1) is 6.61 Å². The fourth-order valence-electron chi connectivity index (χ4n) is 1.87. The molecule has 104 valence electrons. The van der Waals surface area contributed by atoms with Crippen molar-refractivity contribution in [2.75, 3.05) is 6.61 Å². The van der Waals surface area contributed by atoms with Crippen LogP contribution < -0.4 is 4.74 Å². The van der Waals surface area contributed by atoms with Crippen LogP contribution in [0.3, 0.4) is 0 Å². The second-order valence-electron chi connectivity index (χ2n) is 4.57. The maximum absolute atomic E-state index is 10.6. The Balaban J connectivity index is 2.66. The van der Waals surface area contributed by atoms with Gasteiger partial charge in [-0.15, -0.1) is 0 Å². The third-order valence-corrected chi connectivity index (χ3v) is 2.89. The van der Waals surface area contributed by atoms with Crippen molar-refractivity contribution in [3.8, 4) is 5.75 Å². The van der Waals surface area contributed by atoms with E-state index in [-0.39, 0.29) is 0 Å². The number of carboxylic acid groups (broad SMARTS) is 1. The van der Waals surface area contributed by atoms with Gasteiger partial charge in [-0.05, 0) is 25.0 Å². The number of carboxylic acids is 1. The lowest BCUT2D eigenvalue weighted by atomic mass is 10.1. The molecule has 0 saturated heterocycles. The van der Waals surface area contributed by atoms with E-state index < -0.39 is 5.97 Å². The van der Waals surface area contributed by atoms with Gasteiger partial charge in [0.25, 0.3) is 0 Å². The largest absolute Gasteiger partial charge is 0.493 e. The number of ether oxygens (including phenoxy) is 1. The van der Waals surface area contributed by atoms with Crippen molar-refractivity contribution in [1.29, 1.82) is 0 Å². The second kappa shape index (κ2) is 8.35. The second-order valence-corrected chi connectivity index (χ2v) is 4.57. The summed E-state index contributed by atoms with van der Waals surface area (Å²) in [5.74, 6) is -0.160. The van der Waals surface area contributed by atoms with Gasteiger partial charge in [-0.3, -0.25) is 0 Å². The van der Waals surface area contributed by atoms with E-state index in [2.05, 4.69) is 6.92 Å². The summed E-state index contributed by atoms with van der Waals surface area (Å²) in [6.07, 6.45) is 7.35. The Morgan fingerprint density at radius 2 is 2.11 bits per heavy atom. The van der Waals surface area contributed by atoms with Gasteiger partial charge in [0.2, 0.25) is 0 Å². The molecule has 0 aliphatic heterocycles. The monoisotopic (exact) mass is 262 g/mol. The molecule has 0 saturated carbocycles. The number of benzene rings is 1. The van der Waals surface area contributed by atoms with Crippen molar-refractivity contribution in [2.45, 2.75) is 39.5 Å². The molecule has 0 atom stereocenters. The Kier molecular flexibility index (Phi) is 6.72. The highest BCUT2D eigenvalue weighted by atomic mass is 16.5. The molecule has 0 spiro atoms.